The summed E-state index contributed by atoms with van der Waals surface area (Å²) in [4.78, 5) is 10.0. The van der Waals surface area contributed by atoms with Crippen molar-refractivity contribution in [2.75, 3.05) is 6.61 Å². The zero-order chi connectivity index (χ0) is 12.2. The van der Waals surface area contributed by atoms with Crippen LogP contribution in [-0.2, 0) is 4.79 Å². The molecule has 8 heteroatoms. The van der Waals surface area contributed by atoms with Crippen LogP contribution in [0.2, 0.25) is 0 Å². The SMILES string of the molecule is O=C([O-])COc1ccc(OC(F)(F)F)cc1.[Na+]. The zero-order valence-corrected chi connectivity index (χ0v) is 10.8. The Bertz CT molecular complexity index is 363. The first-order valence-corrected chi connectivity index (χ1v) is 4.05. The molecule has 1 aromatic carbocycles. The molecule has 0 bridgehead atoms. The normalized spacial score (nSPS) is 10.3. The molecule has 0 fully saturated rings. The summed E-state index contributed by atoms with van der Waals surface area (Å²) in [7, 11) is 0. The third kappa shape index (κ3) is 7.09. The van der Waals surface area contributed by atoms with Crippen LogP contribution in [0.4, 0.5) is 13.2 Å². The number of carboxylic acid groups (broad SMARTS) is 1. The smallest absolute Gasteiger partial charge is 0.546 e. The van der Waals surface area contributed by atoms with E-state index in [1.54, 1.807) is 0 Å². The molecule has 88 valence electrons. The van der Waals surface area contributed by atoms with Gasteiger partial charge >= 0.3 is 35.9 Å². The van der Waals surface area contributed by atoms with Crippen molar-refractivity contribution < 1.29 is 62.1 Å². The first-order valence-electron chi connectivity index (χ1n) is 4.05. The van der Waals surface area contributed by atoms with E-state index < -0.39 is 24.7 Å². The minimum atomic E-state index is -4.76. The summed E-state index contributed by atoms with van der Waals surface area (Å²) in [5.74, 6) is -1.72. The van der Waals surface area contributed by atoms with E-state index in [2.05, 4.69) is 9.47 Å². The van der Waals surface area contributed by atoms with Crippen LogP contribution in [0.25, 0.3) is 0 Å². The Morgan fingerprint density at radius 3 is 2.06 bits per heavy atom. The summed E-state index contributed by atoms with van der Waals surface area (Å²) in [6, 6.07) is 4.34. The molecule has 17 heavy (non-hydrogen) atoms. The fraction of sp³-hybridized carbons (Fsp3) is 0.222. The average molecular weight is 258 g/mol. The Morgan fingerprint density at radius 1 is 1.18 bits per heavy atom. The molecule has 0 atom stereocenters. The minimum Gasteiger partial charge on any atom is -0.546 e. The second kappa shape index (κ2) is 6.73. The number of carboxylic acids is 1. The van der Waals surface area contributed by atoms with Gasteiger partial charge in [-0.05, 0) is 24.3 Å². The van der Waals surface area contributed by atoms with Gasteiger partial charge in [0.2, 0.25) is 0 Å². The van der Waals surface area contributed by atoms with E-state index in [0.717, 1.165) is 24.3 Å². The van der Waals surface area contributed by atoms with Gasteiger partial charge in [0, 0.05) is 0 Å². The molecule has 0 N–H and O–H groups in total. The predicted octanol–water partition coefficient (Wildman–Crippen LogP) is -2.28. The molecule has 0 aliphatic heterocycles. The molecule has 0 aromatic heterocycles. The maximum atomic E-state index is 11.8. The topological polar surface area (TPSA) is 58.6 Å². The number of aliphatic carboxylic acids is 1. The average Bonchev–Trinajstić information content (AvgIpc) is 2.14. The van der Waals surface area contributed by atoms with Gasteiger partial charge in [-0.2, -0.15) is 0 Å². The van der Waals surface area contributed by atoms with Crippen LogP contribution in [0.5, 0.6) is 11.5 Å². The molecule has 0 spiro atoms. The van der Waals surface area contributed by atoms with Crippen molar-refractivity contribution in [1.29, 1.82) is 0 Å². The van der Waals surface area contributed by atoms with Gasteiger partial charge in [0.05, 0.1) is 5.97 Å². The van der Waals surface area contributed by atoms with Gasteiger partial charge < -0.3 is 19.4 Å². The minimum absolute atomic E-state index is 0. The fourth-order valence-corrected chi connectivity index (χ4v) is 0.880. The van der Waals surface area contributed by atoms with Crippen LogP contribution in [0.1, 0.15) is 0 Å². The van der Waals surface area contributed by atoms with E-state index in [1.807, 2.05) is 0 Å². The summed E-state index contributed by atoms with van der Waals surface area (Å²) in [6.45, 7) is -0.667. The number of rotatable bonds is 4. The number of alkyl halides is 3. The summed E-state index contributed by atoms with van der Waals surface area (Å²) in [5.41, 5.74) is 0. The van der Waals surface area contributed by atoms with Gasteiger partial charge in [0.1, 0.15) is 18.1 Å². The molecular weight excluding hydrogens is 252 g/mol. The molecule has 4 nitrogen and oxygen atoms in total. The quantitative estimate of drug-likeness (QED) is 0.571. The Labute approximate surface area is 117 Å². The number of halogens is 3. The van der Waals surface area contributed by atoms with Gasteiger partial charge in [-0.3, -0.25) is 0 Å². The molecule has 1 aromatic rings. The van der Waals surface area contributed by atoms with Crippen LogP contribution in [0.15, 0.2) is 24.3 Å². The summed E-state index contributed by atoms with van der Waals surface area (Å²) in [5, 5.41) is 10.0. The molecular formula is C9H6F3NaO4. The Kier molecular flexibility index (Phi) is 6.36. The number of carbonyl (C=O) groups excluding carboxylic acids is 1. The standard InChI is InChI=1S/C9H7F3O4.Na/c10-9(11,12)16-7-3-1-6(2-4-7)15-5-8(13)14;/h1-4H,5H2,(H,13,14);/q;+1/p-1. The molecule has 0 aliphatic rings. The second-order valence-corrected chi connectivity index (χ2v) is 2.68. The molecule has 0 saturated carbocycles. The number of hydrogen-bond acceptors (Lipinski definition) is 4. The van der Waals surface area contributed by atoms with Gasteiger partial charge in [-0.1, -0.05) is 0 Å². The van der Waals surface area contributed by atoms with E-state index in [4.69, 9.17) is 0 Å². The maximum absolute atomic E-state index is 11.8. The van der Waals surface area contributed by atoms with Gasteiger partial charge in [-0.25, -0.2) is 0 Å². The summed E-state index contributed by atoms with van der Waals surface area (Å²) in [6.07, 6.45) is -4.76. The second-order valence-electron chi connectivity index (χ2n) is 2.68. The maximum Gasteiger partial charge on any atom is 1.00 e. The van der Waals surface area contributed by atoms with Crippen molar-refractivity contribution in [2.24, 2.45) is 0 Å². The number of benzene rings is 1. The van der Waals surface area contributed by atoms with Crippen molar-refractivity contribution in [1.82, 2.24) is 0 Å². The van der Waals surface area contributed by atoms with Gasteiger partial charge in [-0.15, -0.1) is 13.2 Å². The van der Waals surface area contributed by atoms with E-state index in [0.29, 0.717) is 0 Å². The molecule has 0 heterocycles. The number of ether oxygens (including phenoxy) is 2. The molecule has 0 radical (unpaired) electrons. The molecule has 0 aliphatic carbocycles. The Hall–Kier alpha value is -0.920. The van der Waals surface area contributed by atoms with E-state index in [-0.39, 0.29) is 35.3 Å². The summed E-state index contributed by atoms with van der Waals surface area (Å²) < 4.78 is 43.5. The molecule has 0 saturated heterocycles. The van der Waals surface area contributed by atoms with Crippen LogP contribution < -0.4 is 44.1 Å². The zero-order valence-electron chi connectivity index (χ0n) is 8.78. The van der Waals surface area contributed by atoms with Crippen molar-refractivity contribution in [3.63, 3.8) is 0 Å². The Balaban J connectivity index is 0.00000256. The number of carbonyl (C=O) groups is 1. The van der Waals surface area contributed by atoms with E-state index in [1.165, 1.54) is 0 Å². The van der Waals surface area contributed by atoms with Crippen molar-refractivity contribution in [2.45, 2.75) is 6.36 Å². The fourth-order valence-electron chi connectivity index (χ4n) is 0.880. The van der Waals surface area contributed by atoms with Crippen LogP contribution in [0, 0.1) is 0 Å². The third-order valence-electron chi connectivity index (χ3n) is 1.41. The van der Waals surface area contributed by atoms with Crippen molar-refractivity contribution in [3.05, 3.63) is 24.3 Å². The van der Waals surface area contributed by atoms with Crippen LogP contribution >= 0.6 is 0 Å². The van der Waals surface area contributed by atoms with Gasteiger partial charge in [0.25, 0.3) is 0 Å². The predicted molar refractivity (Wildman–Crippen MR) is 43.6 cm³/mol. The van der Waals surface area contributed by atoms with E-state index in [9.17, 15) is 23.1 Å². The summed E-state index contributed by atoms with van der Waals surface area (Å²) >= 11 is 0. The van der Waals surface area contributed by atoms with Gasteiger partial charge in [0.15, 0.2) is 0 Å². The third-order valence-corrected chi connectivity index (χ3v) is 1.41. The van der Waals surface area contributed by atoms with Crippen LogP contribution in [0.3, 0.4) is 0 Å². The largest absolute Gasteiger partial charge is 1.00 e. The van der Waals surface area contributed by atoms with E-state index >= 15 is 0 Å². The van der Waals surface area contributed by atoms with Crippen molar-refractivity contribution in [3.8, 4) is 11.5 Å². The number of hydrogen-bond donors (Lipinski definition) is 0. The van der Waals surface area contributed by atoms with Crippen LogP contribution in [-0.4, -0.2) is 18.9 Å². The first kappa shape index (κ1) is 16.1. The Morgan fingerprint density at radius 2 is 1.65 bits per heavy atom. The molecule has 0 unspecified atom stereocenters. The first-order chi connectivity index (χ1) is 7.37. The monoisotopic (exact) mass is 258 g/mol. The molecule has 1 rings (SSSR count). The van der Waals surface area contributed by atoms with Crippen molar-refractivity contribution >= 4 is 5.97 Å². The molecule has 0 amide bonds.